The molecule has 3 aromatic rings. The number of benzene rings is 2. The molecule has 2 aromatic carbocycles. The van der Waals surface area contributed by atoms with Crippen molar-refractivity contribution < 1.29 is 14.7 Å². The van der Waals surface area contributed by atoms with E-state index in [4.69, 9.17) is 5.73 Å². The number of nitrogens with two attached hydrogens (primary N) is 1. The monoisotopic (exact) mass is 513 g/mol. The Labute approximate surface area is 223 Å². The minimum atomic E-state index is -0.867. The van der Waals surface area contributed by atoms with Crippen LogP contribution < -0.4 is 16.0 Å². The van der Waals surface area contributed by atoms with E-state index < -0.39 is 6.09 Å². The fourth-order valence-electron chi connectivity index (χ4n) is 6.10. The molecule has 8 nitrogen and oxygen atoms in total. The van der Waals surface area contributed by atoms with E-state index in [2.05, 4.69) is 54.2 Å². The third-order valence-electron chi connectivity index (χ3n) is 7.94. The molecular formula is C30H35N5O3. The molecule has 1 unspecified atom stereocenters. The normalized spacial score (nSPS) is 18.7. The average Bonchev–Trinajstić information content (AvgIpc) is 2.90. The van der Waals surface area contributed by atoms with Crippen LogP contribution in [0.3, 0.4) is 0 Å². The molecule has 2 amide bonds. The number of para-hydroxylation sites is 2. The van der Waals surface area contributed by atoms with E-state index >= 15 is 0 Å². The Morgan fingerprint density at radius 1 is 1.03 bits per heavy atom. The fourth-order valence-corrected chi connectivity index (χ4v) is 6.10. The molecule has 1 atom stereocenters. The molecule has 38 heavy (non-hydrogen) atoms. The molecule has 1 spiro atoms. The zero-order valence-electron chi connectivity index (χ0n) is 22.1. The number of hydrogen-bond donors (Lipinski definition) is 3. The molecule has 2 aliphatic heterocycles. The molecule has 3 heterocycles. The summed E-state index contributed by atoms with van der Waals surface area (Å²) >= 11 is 0. The Morgan fingerprint density at radius 2 is 1.71 bits per heavy atom. The quantitative estimate of drug-likeness (QED) is 0.397. The second-order valence-corrected chi connectivity index (χ2v) is 11.5. The van der Waals surface area contributed by atoms with Crippen molar-refractivity contribution in [2.75, 3.05) is 35.6 Å². The van der Waals surface area contributed by atoms with Gasteiger partial charge in [-0.05, 0) is 53.6 Å². The molecule has 1 aromatic heterocycles. The lowest BCUT2D eigenvalue weighted by Gasteiger charge is -2.53. The Hall–Kier alpha value is -4.07. The standard InChI is InChI=1S/C30H35N5O3/c1-29(2,3)26-21-8-4-5-9-22(21)30(19-35(26)28(37)38)14-16-34(17-15-30)25-13-12-20(18-32-25)27(36)33-24-11-7-6-10-23(24)31/h4-13,18,26H,14-17,19,31H2,1-3H3,(H,33,36)(H,37,38). The fraction of sp³-hybridized carbons (Fsp3) is 0.367. The van der Waals surface area contributed by atoms with Crippen LogP contribution in [0.25, 0.3) is 0 Å². The lowest BCUT2D eigenvalue weighted by atomic mass is 9.64. The molecule has 0 bridgehead atoms. The third-order valence-corrected chi connectivity index (χ3v) is 7.94. The third kappa shape index (κ3) is 4.66. The molecule has 2 aliphatic rings. The molecule has 198 valence electrons. The Morgan fingerprint density at radius 3 is 2.34 bits per heavy atom. The van der Waals surface area contributed by atoms with Crippen LogP contribution in [0.4, 0.5) is 22.0 Å². The maximum Gasteiger partial charge on any atom is 0.407 e. The predicted octanol–water partition coefficient (Wildman–Crippen LogP) is 5.54. The minimum absolute atomic E-state index is 0.188. The van der Waals surface area contributed by atoms with Gasteiger partial charge in [-0.2, -0.15) is 0 Å². The van der Waals surface area contributed by atoms with Gasteiger partial charge in [0.05, 0.1) is 23.0 Å². The SMILES string of the molecule is CC(C)(C)C1c2ccccc2C2(CCN(c3ccc(C(=O)Nc4ccccc4N)cn3)CC2)CN1C(=O)O. The van der Waals surface area contributed by atoms with E-state index in [1.807, 2.05) is 24.3 Å². The van der Waals surface area contributed by atoms with Gasteiger partial charge in [-0.25, -0.2) is 9.78 Å². The predicted molar refractivity (Wildman–Crippen MR) is 150 cm³/mol. The number of hydrogen-bond acceptors (Lipinski definition) is 5. The van der Waals surface area contributed by atoms with Gasteiger partial charge in [-0.3, -0.25) is 9.69 Å². The van der Waals surface area contributed by atoms with Gasteiger partial charge >= 0.3 is 6.09 Å². The van der Waals surface area contributed by atoms with Gasteiger partial charge in [-0.1, -0.05) is 57.2 Å². The highest BCUT2D eigenvalue weighted by Gasteiger charge is 2.49. The topological polar surface area (TPSA) is 112 Å². The first kappa shape index (κ1) is 25.6. The second-order valence-electron chi connectivity index (χ2n) is 11.5. The van der Waals surface area contributed by atoms with Gasteiger partial charge in [0.25, 0.3) is 5.91 Å². The summed E-state index contributed by atoms with van der Waals surface area (Å²) in [4.78, 5) is 33.6. The van der Waals surface area contributed by atoms with Crippen LogP contribution in [0, 0.1) is 5.41 Å². The van der Waals surface area contributed by atoms with Crippen molar-refractivity contribution in [1.82, 2.24) is 9.88 Å². The van der Waals surface area contributed by atoms with Crippen LogP contribution in [-0.2, 0) is 5.41 Å². The highest BCUT2D eigenvalue weighted by Crippen LogP contribution is 2.51. The van der Waals surface area contributed by atoms with Crippen LogP contribution in [0.5, 0.6) is 0 Å². The molecule has 0 aliphatic carbocycles. The number of nitrogen functional groups attached to an aromatic ring is 1. The molecule has 1 fully saturated rings. The van der Waals surface area contributed by atoms with E-state index in [1.54, 1.807) is 29.3 Å². The number of amides is 2. The lowest BCUT2D eigenvalue weighted by Crippen LogP contribution is -2.56. The van der Waals surface area contributed by atoms with E-state index in [0.29, 0.717) is 23.5 Å². The van der Waals surface area contributed by atoms with Crippen molar-refractivity contribution in [3.05, 3.63) is 83.6 Å². The smallest absolute Gasteiger partial charge is 0.407 e. The minimum Gasteiger partial charge on any atom is -0.465 e. The highest BCUT2D eigenvalue weighted by molar-refractivity contribution is 6.05. The van der Waals surface area contributed by atoms with Crippen molar-refractivity contribution in [1.29, 1.82) is 0 Å². The molecular weight excluding hydrogens is 478 g/mol. The van der Waals surface area contributed by atoms with E-state index in [1.165, 1.54) is 5.56 Å². The summed E-state index contributed by atoms with van der Waals surface area (Å²) in [7, 11) is 0. The largest absolute Gasteiger partial charge is 0.465 e. The van der Waals surface area contributed by atoms with Gasteiger partial charge < -0.3 is 21.1 Å². The number of nitrogens with zero attached hydrogens (tertiary/aromatic N) is 3. The summed E-state index contributed by atoms with van der Waals surface area (Å²) in [6.07, 6.45) is 2.36. The maximum absolute atomic E-state index is 12.7. The second kappa shape index (κ2) is 9.67. The summed E-state index contributed by atoms with van der Waals surface area (Å²) in [5.74, 6) is 0.544. The summed E-state index contributed by atoms with van der Waals surface area (Å²) in [6.45, 7) is 8.31. The number of carbonyl (C=O) groups excluding carboxylic acids is 1. The number of rotatable bonds is 3. The van der Waals surface area contributed by atoms with Crippen molar-refractivity contribution in [3.8, 4) is 0 Å². The zero-order valence-corrected chi connectivity index (χ0v) is 22.1. The van der Waals surface area contributed by atoms with Gasteiger partial charge in [0.2, 0.25) is 0 Å². The number of piperidine rings is 1. The number of carbonyl (C=O) groups is 2. The first-order chi connectivity index (χ1) is 18.1. The number of anilines is 3. The molecule has 0 saturated carbocycles. The van der Waals surface area contributed by atoms with Crippen LogP contribution in [0.2, 0.25) is 0 Å². The number of pyridine rings is 1. The van der Waals surface area contributed by atoms with Crippen LogP contribution in [-0.4, -0.2) is 46.6 Å². The number of fused-ring (bicyclic) bond motifs is 2. The van der Waals surface area contributed by atoms with Crippen molar-refractivity contribution in [2.24, 2.45) is 5.41 Å². The summed E-state index contributed by atoms with van der Waals surface area (Å²) in [5.41, 5.74) is 9.41. The first-order valence-corrected chi connectivity index (χ1v) is 13.0. The van der Waals surface area contributed by atoms with Crippen LogP contribution >= 0.6 is 0 Å². The maximum atomic E-state index is 12.7. The van der Waals surface area contributed by atoms with E-state index in [0.717, 1.165) is 37.3 Å². The van der Waals surface area contributed by atoms with Gasteiger partial charge in [0.15, 0.2) is 0 Å². The summed E-state index contributed by atoms with van der Waals surface area (Å²) in [5, 5.41) is 13.0. The molecule has 5 rings (SSSR count). The highest BCUT2D eigenvalue weighted by atomic mass is 16.4. The Balaban J connectivity index is 1.33. The molecule has 0 radical (unpaired) electrons. The zero-order chi connectivity index (χ0) is 27.1. The molecule has 4 N–H and O–H groups in total. The van der Waals surface area contributed by atoms with Gasteiger partial charge in [-0.15, -0.1) is 0 Å². The van der Waals surface area contributed by atoms with Crippen molar-refractivity contribution in [2.45, 2.75) is 45.1 Å². The Kier molecular flexibility index (Phi) is 6.51. The van der Waals surface area contributed by atoms with Crippen molar-refractivity contribution in [3.63, 3.8) is 0 Å². The summed E-state index contributed by atoms with van der Waals surface area (Å²) < 4.78 is 0. The van der Waals surface area contributed by atoms with Crippen molar-refractivity contribution >= 4 is 29.2 Å². The van der Waals surface area contributed by atoms with E-state index in [9.17, 15) is 14.7 Å². The Bertz CT molecular complexity index is 1340. The average molecular weight is 514 g/mol. The van der Waals surface area contributed by atoms with Gasteiger partial charge in [0.1, 0.15) is 5.82 Å². The molecule has 1 saturated heterocycles. The van der Waals surface area contributed by atoms with E-state index in [-0.39, 0.29) is 22.8 Å². The van der Waals surface area contributed by atoms with Crippen LogP contribution in [0.15, 0.2) is 66.9 Å². The number of nitrogens with one attached hydrogen (secondary N) is 1. The first-order valence-electron chi connectivity index (χ1n) is 13.0. The summed E-state index contributed by atoms with van der Waals surface area (Å²) in [6, 6.07) is 19.0. The number of aromatic nitrogens is 1. The molecule has 8 heteroatoms. The lowest BCUT2D eigenvalue weighted by molar-refractivity contribution is 0.0465. The number of carboxylic acid groups (broad SMARTS) is 1. The van der Waals surface area contributed by atoms with Gasteiger partial charge in [0, 0.05) is 31.2 Å². The van der Waals surface area contributed by atoms with Crippen LogP contribution in [0.1, 0.15) is 61.1 Å².